The first-order valence-electron chi connectivity index (χ1n) is 5.75. The standard InChI is InChI=1S/C14H24O/c1-11(2)9-10-13(5)7-6-8-14(15)12(3)4/h7,9,12H,6,8,10H2,1-5H3. The van der Waals surface area contributed by atoms with E-state index >= 15 is 0 Å². The third-order valence-corrected chi connectivity index (χ3v) is 2.36. The average Bonchev–Trinajstić information content (AvgIpc) is 2.14. The third kappa shape index (κ3) is 8.17. The fraction of sp³-hybridized carbons (Fsp3) is 0.643. The Balaban J connectivity index is 3.86. The largest absolute Gasteiger partial charge is 0.299 e. The van der Waals surface area contributed by atoms with E-state index in [-0.39, 0.29) is 5.92 Å². The van der Waals surface area contributed by atoms with E-state index in [4.69, 9.17) is 0 Å². The predicted molar refractivity (Wildman–Crippen MR) is 66.9 cm³/mol. The van der Waals surface area contributed by atoms with Crippen molar-refractivity contribution in [2.24, 2.45) is 5.92 Å². The Morgan fingerprint density at radius 2 is 1.73 bits per heavy atom. The van der Waals surface area contributed by atoms with Crippen molar-refractivity contribution in [1.29, 1.82) is 0 Å². The van der Waals surface area contributed by atoms with Gasteiger partial charge in [0.25, 0.3) is 0 Å². The van der Waals surface area contributed by atoms with Gasteiger partial charge < -0.3 is 0 Å². The van der Waals surface area contributed by atoms with Gasteiger partial charge in [0.15, 0.2) is 0 Å². The third-order valence-electron chi connectivity index (χ3n) is 2.36. The van der Waals surface area contributed by atoms with E-state index in [1.165, 1.54) is 11.1 Å². The zero-order chi connectivity index (χ0) is 11.8. The second-order valence-corrected chi connectivity index (χ2v) is 4.70. The number of allylic oxidation sites excluding steroid dienone is 4. The highest BCUT2D eigenvalue weighted by molar-refractivity contribution is 5.80. The quantitative estimate of drug-likeness (QED) is 0.595. The first kappa shape index (κ1) is 14.2. The number of hydrogen-bond acceptors (Lipinski definition) is 1. The molecule has 0 fully saturated rings. The minimum absolute atomic E-state index is 0.177. The molecule has 1 nitrogen and oxygen atoms in total. The Hall–Kier alpha value is -0.850. The summed E-state index contributed by atoms with van der Waals surface area (Å²) in [5.74, 6) is 0.540. The van der Waals surface area contributed by atoms with Crippen LogP contribution in [-0.4, -0.2) is 5.78 Å². The van der Waals surface area contributed by atoms with E-state index < -0.39 is 0 Å². The van der Waals surface area contributed by atoms with Gasteiger partial charge >= 0.3 is 0 Å². The van der Waals surface area contributed by atoms with Gasteiger partial charge in [-0.1, -0.05) is 37.1 Å². The summed E-state index contributed by atoms with van der Waals surface area (Å²) >= 11 is 0. The van der Waals surface area contributed by atoms with Gasteiger partial charge in [0.2, 0.25) is 0 Å². The predicted octanol–water partition coefficient (Wildman–Crippen LogP) is 4.29. The van der Waals surface area contributed by atoms with Crippen molar-refractivity contribution in [3.63, 3.8) is 0 Å². The summed E-state index contributed by atoms with van der Waals surface area (Å²) in [5.41, 5.74) is 2.70. The second-order valence-electron chi connectivity index (χ2n) is 4.70. The van der Waals surface area contributed by atoms with E-state index in [0.717, 1.165) is 12.8 Å². The van der Waals surface area contributed by atoms with Gasteiger partial charge in [-0.05, 0) is 33.6 Å². The summed E-state index contributed by atoms with van der Waals surface area (Å²) in [7, 11) is 0. The van der Waals surface area contributed by atoms with E-state index in [1.54, 1.807) is 0 Å². The van der Waals surface area contributed by atoms with Crippen molar-refractivity contribution in [3.8, 4) is 0 Å². The molecule has 0 atom stereocenters. The van der Waals surface area contributed by atoms with Crippen LogP contribution in [0.3, 0.4) is 0 Å². The van der Waals surface area contributed by atoms with Crippen molar-refractivity contribution in [1.82, 2.24) is 0 Å². The fourth-order valence-corrected chi connectivity index (χ4v) is 1.20. The highest BCUT2D eigenvalue weighted by Crippen LogP contribution is 2.08. The summed E-state index contributed by atoms with van der Waals surface area (Å²) in [6, 6.07) is 0. The van der Waals surface area contributed by atoms with E-state index in [2.05, 4.69) is 32.9 Å². The van der Waals surface area contributed by atoms with Gasteiger partial charge in [-0.25, -0.2) is 0 Å². The highest BCUT2D eigenvalue weighted by Gasteiger charge is 2.04. The minimum atomic E-state index is 0.177. The van der Waals surface area contributed by atoms with Gasteiger partial charge in [0.1, 0.15) is 5.78 Å². The molecule has 1 heteroatoms. The maximum atomic E-state index is 11.3. The van der Waals surface area contributed by atoms with Crippen LogP contribution in [0.15, 0.2) is 23.3 Å². The molecule has 0 aliphatic rings. The molecule has 0 unspecified atom stereocenters. The molecule has 0 saturated heterocycles. The molecule has 0 aromatic carbocycles. The first-order valence-corrected chi connectivity index (χ1v) is 5.75. The molecule has 0 bridgehead atoms. The Bertz CT molecular complexity index is 253. The molecule has 0 amide bonds. The number of ketones is 1. The molecule has 0 radical (unpaired) electrons. The molecule has 0 rings (SSSR count). The Morgan fingerprint density at radius 1 is 1.13 bits per heavy atom. The minimum Gasteiger partial charge on any atom is -0.299 e. The molecule has 0 aliphatic carbocycles. The Labute approximate surface area is 94.3 Å². The molecule has 0 aliphatic heterocycles. The molecular formula is C14H24O. The number of rotatable bonds is 6. The van der Waals surface area contributed by atoms with Crippen LogP contribution >= 0.6 is 0 Å². The van der Waals surface area contributed by atoms with Crippen molar-refractivity contribution in [2.45, 2.75) is 53.9 Å². The van der Waals surface area contributed by atoms with Crippen LogP contribution in [0.4, 0.5) is 0 Å². The average molecular weight is 208 g/mol. The first-order chi connectivity index (χ1) is 6.93. The summed E-state index contributed by atoms with van der Waals surface area (Å²) in [6.45, 7) is 10.3. The van der Waals surface area contributed by atoms with Gasteiger partial charge in [-0.3, -0.25) is 4.79 Å². The Kier molecular flexibility index (Phi) is 7.02. The van der Waals surface area contributed by atoms with Gasteiger partial charge in [0, 0.05) is 12.3 Å². The van der Waals surface area contributed by atoms with E-state index in [1.807, 2.05) is 13.8 Å². The molecule has 0 spiro atoms. The number of hydrogen-bond donors (Lipinski definition) is 0. The Morgan fingerprint density at radius 3 is 2.20 bits per heavy atom. The molecule has 0 heterocycles. The molecule has 15 heavy (non-hydrogen) atoms. The zero-order valence-corrected chi connectivity index (χ0v) is 10.8. The monoisotopic (exact) mass is 208 g/mol. The van der Waals surface area contributed by atoms with Crippen molar-refractivity contribution >= 4 is 5.78 Å². The number of carbonyl (C=O) groups is 1. The zero-order valence-electron chi connectivity index (χ0n) is 10.8. The SMILES string of the molecule is CC(C)=CCC(C)=CCCC(=O)C(C)C. The van der Waals surface area contributed by atoms with Gasteiger partial charge in [0.05, 0.1) is 0 Å². The van der Waals surface area contributed by atoms with Gasteiger partial charge in [-0.2, -0.15) is 0 Å². The topological polar surface area (TPSA) is 17.1 Å². The fourth-order valence-electron chi connectivity index (χ4n) is 1.20. The molecule has 0 aromatic rings. The lowest BCUT2D eigenvalue weighted by atomic mass is 10.0. The molecule has 0 saturated carbocycles. The van der Waals surface area contributed by atoms with Crippen LogP contribution in [0.5, 0.6) is 0 Å². The van der Waals surface area contributed by atoms with E-state index in [9.17, 15) is 4.79 Å². The van der Waals surface area contributed by atoms with Crippen molar-refractivity contribution in [2.75, 3.05) is 0 Å². The molecular weight excluding hydrogens is 184 g/mol. The number of Topliss-reactive ketones (excluding diaryl/α,β-unsaturated/α-hetero) is 1. The van der Waals surface area contributed by atoms with Crippen LogP contribution in [0.2, 0.25) is 0 Å². The highest BCUT2D eigenvalue weighted by atomic mass is 16.1. The lowest BCUT2D eigenvalue weighted by Crippen LogP contribution is -2.05. The van der Waals surface area contributed by atoms with Crippen molar-refractivity contribution in [3.05, 3.63) is 23.3 Å². The second kappa shape index (κ2) is 7.44. The number of carbonyl (C=O) groups excluding carboxylic acids is 1. The van der Waals surface area contributed by atoms with Gasteiger partial charge in [-0.15, -0.1) is 0 Å². The maximum absolute atomic E-state index is 11.3. The maximum Gasteiger partial charge on any atom is 0.135 e. The van der Waals surface area contributed by atoms with Crippen molar-refractivity contribution < 1.29 is 4.79 Å². The van der Waals surface area contributed by atoms with E-state index in [0.29, 0.717) is 12.2 Å². The summed E-state index contributed by atoms with van der Waals surface area (Å²) in [5, 5.41) is 0. The lowest BCUT2D eigenvalue weighted by molar-refractivity contribution is -0.121. The van der Waals surface area contributed by atoms with Crippen LogP contribution in [0, 0.1) is 5.92 Å². The molecule has 86 valence electrons. The van der Waals surface area contributed by atoms with Crippen LogP contribution in [-0.2, 0) is 4.79 Å². The molecule has 0 N–H and O–H groups in total. The van der Waals surface area contributed by atoms with Crippen LogP contribution in [0.25, 0.3) is 0 Å². The smallest absolute Gasteiger partial charge is 0.135 e. The van der Waals surface area contributed by atoms with Crippen LogP contribution < -0.4 is 0 Å². The normalized spacial score (nSPS) is 11.7. The lowest BCUT2D eigenvalue weighted by Gasteiger charge is -2.02. The summed E-state index contributed by atoms with van der Waals surface area (Å²) in [4.78, 5) is 11.3. The summed E-state index contributed by atoms with van der Waals surface area (Å²) < 4.78 is 0. The van der Waals surface area contributed by atoms with Crippen LogP contribution in [0.1, 0.15) is 53.9 Å². The summed E-state index contributed by atoms with van der Waals surface area (Å²) in [6.07, 6.45) is 6.98. The molecule has 0 aromatic heterocycles.